The van der Waals surface area contributed by atoms with Crippen LogP contribution in [0.25, 0.3) is 11.1 Å². The van der Waals surface area contributed by atoms with Crippen molar-refractivity contribution in [3.63, 3.8) is 0 Å². The molecule has 0 spiro atoms. The van der Waals surface area contributed by atoms with Gasteiger partial charge in [0.25, 0.3) is 0 Å². The molecule has 0 aromatic heterocycles. The SMILES string of the molecule is OCCc1ccc2c(c1)CCCC(c1ccc(Cl)cc1Cl)=C2c1ccc(O[C@H]2CCN(CCCF)C2)cc1. The molecule has 0 amide bonds. The normalized spacial score (nSPS) is 17.9. The average molecular weight is 555 g/mol. The van der Waals surface area contributed by atoms with Crippen molar-refractivity contribution in [1.82, 2.24) is 4.90 Å². The zero-order chi connectivity index (χ0) is 26.5. The minimum atomic E-state index is -0.269. The van der Waals surface area contributed by atoms with Crippen LogP contribution >= 0.6 is 23.2 Å². The van der Waals surface area contributed by atoms with Crippen LogP contribution in [0.1, 0.15) is 53.5 Å². The lowest BCUT2D eigenvalue weighted by Gasteiger charge is -2.19. The van der Waals surface area contributed by atoms with Crippen LogP contribution in [0.5, 0.6) is 5.75 Å². The lowest BCUT2D eigenvalue weighted by molar-refractivity contribution is 0.198. The highest BCUT2D eigenvalue weighted by atomic mass is 35.5. The molecule has 1 aliphatic heterocycles. The van der Waals surface area contributed by atoms with Gasteiger partial charge in [-0.3, -0.25) is 9.29 Å². The number of hydrogen-bond donors (Lipinski definition) is 1. The number of ether oxygens (including phenoxy) is 1. The number of halogens is 3. The van der Waals surface area contributed by atoms with Gasteiger partial charge in [0.15, 0.2) is 0 Å². The first-order valence-electron chi connectivity index (χ1n) is 13.5. The Labute approximate surface area is 234 Å². The highest BCUT2D eigenvalue weighted by molar-refractivity contribution is 6.36. The fourth-order valence-corrected chi connectivity index (χ4v) is 6.25. The van der Waals surface area contributed by atoms with Crippen LogP contribution in [-0.4, -0.2) is 49.0 Å². The zero-order valence-corrected chi connectivity index (χ0v) is 23.1. The van der Waals surface area contributed by atoms with Crippen LogP contribution < -0.4 is 4.74 Å². The minimum absolute atomic E-state index is 0.131. The summed E-state index contributed by atoms with van der Waals surface area (Å²) in [4.78, 5) is 2.28. The van der Waals surface area contributed by atoms with Gasteiger partial charge in [0.05, 0.1) is 6.67 Å². The van der Waals surface area contributed by atoms with Gasteiger partial charge in [-0.1, -0.05) is 59.6 Å². The average Bonchev–Trinajstić information content (AvgIpc) is 3.27. The summed E-state index contributed by atoms with van der Waals surface area (Å²) in [7, 11) is 0. The first-order chi connectivity index (χ1) is 18.6. The van der Waals surface area contributed by atoms with Gasteiger partial charge < -0.3 is 9.84 Å². The van der Waals surface area contributed by atoms with Gasteiger partial charge in [0.2, 0.25) is 0 Å². The topological polar surface area (TPSA) is 32.7 Å². The monoisotopic (exact) mass is 553 g/mol. The Morgan fingerprint density at radius 1 is 0.974 bits per heavy atom. The fourth-order valence-electron chi connectivity index (χ4n) is 5.73. The number of nitrogens with zero attached hydrogens (tertiary/aromatic N) is 1. The Hall–Kier alpha value is -2.37. The lowest BCUT2D eigenvalue weighted by atomic mass is 9.87. The smallest absolute Gasteiger partial charge is 0.119 e. The molecule has 5 rings (SSSR count). The van der Waals surface area contributed by atoms with Crippen molar-refractivity contribution in [3.05, 3.63) is 98.5 Å². The molecular weight excluding hydrogens is 520 g/mol. The molecule has 1 atom stereocenters. The van der Waals surface area contributed by atoms with Crippen molar-refractivity contribution in [2.75, 3.05) is 32.9 Å². The Balaban J connectivity index is 1.49. The molecule has 1 N–H and O–H groups in total. The first kappa shape index (κ1) is 27.2. The standard InChI is InChI=1S/C32H34Cl2FNO2/c33-25-8-12-29(31(34)20-25)30-4-1-3-24-19-22(14-18-37)5-11-28(24)32(30)23-6-9-26(10-7-23)38-27-13-17-36(21-27)16-2-15-35/h5-12,19-20,27,37H,1-4,13-18,21H2/t27-/m0/s1. The summed E-state index contributed by atoms with van der Waals surface area (Å²) in [5, 5.41) is 10.8. The van der Waals surface area contributed by atoms with E-state index in [0.717, 1.165) is 67.8 Å². The van der Waals surface area contributed by atoms with Crippen molar-refractivity contribution in [1.29, 1.82) is 0 Å². The molecule has 6 heteroatoms. The number of fused-ring (bicyclic) bond motifs is 1. The molecule has 1 fully saturated rings. The number of aryl methyl sites for hydroxylation is 1. The van der Waals surface area contributed by atoms with Gasteiger partial charge in [-0.25, -0.2) is 0 Å². The highest BCUT2D eigenvalue weighted by Gasteiger charge is 2.25. The van der Waals surface area contributed by atoms with Gasteiger partial charge in [0.1, 0.15) is 11.9 Å². The van der Waals surface area contributed by atoms with Gasteiger partial charge in [-0.15, -0.1) is 0 Å². The molecule has 0 bridgehead atoms. The molecule has 0 radical (unpaired) electrons. The number of aliphatic hydroxyl groups is 1. The molecule has 3 aromatic rings. The van der Waals surface area contributed by atoms with E-state index in [1.165, 1.54) is 22.3 Å². The summed E-state index contributed by atoms with van der Waals surface area (Å²) >= 11 is 13.0. The summed E-state index contributed by atoms with van der Waals surface area (Å²) in [5.41, 5.74) is 8.18. The second-order valence-corrected chi connectivity index (χ2v) is 11.0. The van der Waals surface area contributed by atoms with Crippen LogP contribution in [0.2, 0.25) is 10.0 Å². The summed E-state index contributed by atoms with van der Waals surface area (Å²) in [6.45, 7) is 2.46. The Morgan fingerprint density at radius 3 is 2.55 bits per heavy atom. The van der Waals surface area contributed by atoms with Crippen LogP contribution in [0.3, 0.4) is 0 Å². The molecule has 200 valence electrons. The Bertz CT molecular complexity index is 1290. The highest BCUT2D eigenvalue weighted by Crippen LogP contribution is 2.42. The summed E-state index contributed by atoms with van der Waals surface area (Å²) in [6, 6.07) is 20.7. The maximum Gasteiger partial charge on any atom is 0.119 e. The van der Waals surface area contributed by atoms with Crippen molar-refractivity contribution < 1.29 is 14.2 Å². The van der Waals surface area contributed by atoms with Crippen molar-refractivity contribution in [3.8, 4) is 5.75 Å². The summed E-state index contributed by atoms with van der Waals surface area (Å²) < 4.78 is 18.8. The quantitative estimate of drug-likeness (QED) is 0.295. The number of alkyl halides is 1. The molecule has 3 nitrogen and oxygen atoms in total. The van der Waals surface area contributed by atoms with E-state index in [1.807, 2.05) is 18.2 Å². The summed E-state index contributed by atoms with van der Waals surface area (Å²) in [5.74, 6) is 0.852. The second-order valence-electron chi connectivity index (χ2n) is 10.2. The molecule has 1 aliphatic carbocycles. The van der Waals surface area contributed by atoms with Crippen LogP contribution in [0.4, 0.5) is 4.39 Å². The van der Waals surface area contributed by atoms with E-state index in [4.69, 9.17) is 27.9 Å². The molecule has 1 heterocycles. The Kier molecular flexibility index (Phi) is 9.06. The number of benzene rings is 3. The number of aliphatic hydroxyl groups excluding tert-OH is 1. The first-order valence-corrected chi connectivity index (χ1v) is 14.3. The molecule has 3 aromatic carbocycles. The van der Waals surface area contributed by atoms with E-state index < -0.39 is 0 Å². The van der Waals surface area contributed by atoms with Gasteiger partial charge in [0, 0.05) is 36.3 Å². The summed E-state index contributed by atoms with van der Waals surface area (Å²) in [6.07, 6.45) is 5.20. The number of rotatable bonds is 9. The molecule has 0 unspecified atom stereocenters. The molecule has 2 aliphatic rings. The van der Waals surface area contributed by atoms with Crippen LogP contribution in [-0.2, 0) is 12.8 Å². The third kappa shape index (κ3) is 6.26. The molecule has 38 heavy (non-hydrogen) atoms. The van der Waals surface area contributed by atoms with E-state index in [1.54, 1.807) is 0 Å². The predicted molar refractivity (Wildman–Crippen MR) is 155 cm³/mol. The molecule has 1 saturated heterocycles. The van der Waals surface area contributed by atoms with E-state index in [0.29, 0.717) is 22.9 Å². The third-order valence-corrected chi connectivity index (χ3v) is 8.10. The van der Waals surface area contributed by atoms with Crippen molar-refractivity contribution in [2.24, 2.45) is 0 Å². The van der Waals surface area contributed by atoms with E-state index in [-0.39, 0.29) is 19.4 Å². The predicted octanol–water partition coefficient (Wildman–Crippen LogP) is 7.64. The molecule has 0 saturated carbocycles. The second kappa shape index (κ2) is 12.7. The maximum atomic E-state index is 12.5. The van der Waals surface area contributed by atoms with Crippen LogP contribution in [0, 0.1) is 0 Å². The van der Waals surface area contributed by atoms with E-state index in [9.17, 15) is 9.50 Å². The number of likely N-dealkylation sites (tertiary alicyclic amines) is 1. The number of hydrogen-bond acceptors (Lipinski definition) is 3. The minimum Gasteiger partial charge on any atom is -0.489 e. The van der Waals surface area contributed by atoms with Gasteiger partial charge in [-0.2, -0.15) is 0 Å². The van der Waals surface area contributed by atoms with Crippen molar-refractivity contribution >= 4 is 34.3 Å². The van der Waals surface area contributed by atoms with E-state index in [2.05, 4.69) is 47.4 Å². The Morgan fingerprint density at radius 2 is 1.79 bits per heavy atom. The maximum absolute atomic E-state index is 12.5. The molecular formula is C32H34Cl2FNO2. The largest absolute Gasteiger partial charge is 0.489 e. The lowest BCUT2D eigenvalue weighted by Crippen LogP contribution is -2.26. The van der Waals surface area contributed by atoms with Gasteiger partial charge in [-0.05, 0) is 102 Å². The number of allylic oxidation sites excluding steroid dienone is 1. The van der Waals surface area contributed by atoms with Gasteiger partial charge >= 0.3 is 0 Å². The third-order valence-electron chi connectivity index (χ3n) is 7.55. The van der Waals surface area contributed by atoms with E-state index >= 15 is 0 Å². The zero-order valence-electron chi connectivity index (χ0n) is 21.6. The van der Waals surface area contributed by atoms with Crippen LogP contribution in [0.15, 0.2) is 60.7 Å². The fraction of sp³-hybridized carbons (Fsp3) is 0.375. The van der Waals surface area contributed by atoms with Crippen molar-refractivity contribution in [2.45, 2.75) is 44.6 Å².